The minimum Gasteiger partial charge on any atom is -0.309 e. The van der Waals surface area contributed by atoms with Crippen LogP contribution in [0.15, 0.2) is 46.2 Å². The SMILES string of the molecule is Cc1ccccc1S(=O)(=O)c1c(Cl)ccc2c1CNC2. The zero-order chi connectivity index (χ0) is 14.3. The molecule has 0 amide bonds. The van der Waals surface area contributed by atoms with Crippen LogP contribution in [0.5, 0.6) is 0 Å². The third-order valence-corrected chi connectivity index (χ3v) is 6.05. The number of fused-ring (bicyclic) bond motifs is 1. The van der Waals surface area contributed by atoms with Crippen molar-refractivity contribution in [2.75, 3.05) is 0 Å². The largest absolute Gasteiger partial charge is 0.309 e. The minimum atomic E-state index is -3.60. The maximum Gasteiger partial charge on any atom is 0.208 e. The Labute approximate surface area is 123 Å². The van der Waals surface area contributed by atoms with Crippen LogP contribution in [0, 0.1) is 6.92 Å². The molecule has 0 saturated heterocycles. The van der Waals surface area contributed by atoms with Gasteiger partial charge in [0.15, 0.2) is 0 Å². The van der Waals surface area contributed by atoms with Crippen molar-refractivity contribution in [1.82, 2.24) is 5.32 Å². The molecule has 0 radical (unpaired) electrons. The molecule has 3 nitrogen and oxygen atoms in total. The van der Waals surface area contributed by atoms with Gasteiger partial charge in [0.25, 0.3) is 0 Å². The fourth-order valence-electron chi connectivity index (χ4n) is 2.58. The number of nitrogens with one attached hydrogen (secondary N) is 1. The summed E-state index contributed by atoms with van der Waals surface area (Å²) in [5.41, 5.74) is 2.52. The van der Waals surface area contributed by atoms with Crippen LogP contribution in [0.4, 0.5) is 0 Å². The summed E-state index contributed by atoms with van der Waals surface area (Å²) >= 11 is 6.19. The van der Waals surface area contributed by atoms with Crippen LogP contribution in [-0.2, 0) is 22.9 Å². The number of rotatable bonds is 2. The molecule has 0 bridgehead atoms. The number of hydrogen-bond acceptors (Lipinski definition) is 3. The first-order valence-corrected chi connectivity index (χ1v) is 8.19. The Morgan fingerprint density at radius 2 is 1.85 bits per heavy atom. The van der Waals surface area contributed by atoms with E-state index in [0.29, 0.717) is 18.0 Å². The van der Waals surface area contributed by atoms with Gasteiger partial charge in [-0.1, -0.05) is 35.9 Å². The molecule has 1 aliphatic heterocycles. The summed E-state index contributed by atoms with van der Waals surface area (Å²) in [6, 6.07) is 10.5. The smallest absolute Gasteiger partial charge is 0.208 e. The van der Waals surface area contributed by atoms with E-state index in [9.17, 15) is 8.42 Å². The molecule has 1 aliphatic rings. The van der Waals surface area contributed by atoms with Gasteiger partial charge in [-0.05, 0) is 35.7 Å². The Hall–Kier alpha value is -1.36. The van der Waals surface area contributed by atoms with Gasteiger partial charge in [-0.15, -0.1) is 0 Å². The Morgan fingerprint density at radius 3 is 2.60 bits per heavy atom. The van der Waals surface area contributed by atoms with Gasteiger partial charge in [0.05, 0.1) is 14.8 Å². The quantitative estimate of drug-likeness (QED) is 0.927. The van der Waals surface area contributed by atoms with E-state index in [0.717, 1.165) is 16.7 Å². The first kappa shape index (κ1) is 13.6. The van der Waals surface area contributed by atoms with E-state index in [1.165, 1.54) is 0 Å². The molecule has 2 aromatic rings. The highest BCUT2D eigenvalue weighted by molar-refractivity contribution is 7.91. The Bertz CT molecular complexity index is 784. The highest BCUT2D eigenvalue weighted by atomic mass is 35.5. The monoisotopic (exact) mass is 307 g/mol. The molecular formula is C15H14ClNO2S. The molecule has 0 aliphatic carbocycles. The van der Waals surface area contributed by atoms with Gasteiger partial charge in [-0.3, -0.25) is 0 Å². The van der Waals surface area contributed by atoms with Crippen molar-refractivity contribution >= 4 is 21.4 Å². The predicted molar refractivity (Wildman–Crippen MR) is 78.6 cm³/mol. The number of aryl methyl sites for hydroxylation is 1. The molecule has 3 rings (SSSR count). The highest BCUT2D eigenvalue weighted by Crippen LogP contribution is 2.35. The molecular weight excluding hydrogens is 294 g/mol. The van der Waals surface area contributed by atoms with Crippen molar-refractivity contribution in [1.29, 1.82) is 0 Å². The van der Waals surface area contributed by atoms with Gasteiger partial charge in [-0.25, -0.2) is 8.42 Å². The van der Waals surface area contributed by atoms with Gasteiger partial charge in [0.1, 0.15) is 0 Å². The van der Waals surface area contributed by atoms with Crippen molar-refractivity contribution in [3.8, 4) is 0 Å². The van der Waals surface area contributed by atoms with E-state index < -0.39 is 9.84 Å². The predicted octanol–water partition coefficient (Wildman–Crippen LogP) is 3.08. The van der Waals surface area contributed by atoms with Crippen molar-refractivity contribution in [3.05, 3.63) is 58.1 Å². The molecule has 0 saturated carbocycles. The van der Waals surface area contributed by atoms with Gasteiger partial charge >= 0.3 is 0 Å². The van der Waals surface area contributed by atoms with Crippen LogP contribution < -0.4 is 5.32 Å². The van der Waals surface area contributed by atoms with Crippen LogP contribution in [0.1, 0.15) is 16.7 Å². The Morgan fingerprint density at radius 1 is 1.10 bits per heavy atom. The fraction of sp³-hybridized carbons (Fsp3) is 0.200. The lowest BCUT2D eigenvalue weighted by Crippen LogP contribution is -2.09. The number of sulfone groups is 1. The molecule has 5 heteroatoms. The first-order valence-electron chi connectivity index (χ1n) is 6.33. The van der Waals surface area contributed by atoms with E-state index in [2.05, 4.69) is 5.32 Å². The molecule has 0 unspecified atom stereocenters. The lowest BCUT2D eigenvalue weighted by atomic mass is 10.1. The number of halogens is 1. The van der Waals surface area contributed by atoms with E-state index >= 15 is 0 Å². The molecule has 1 N–H and O–H groups in total. The third-order valence-electron chi connectivity index (χ3n) is 3.58. The topological polar surface area (TPSA) is 46.2 Å². The number of benzene rings is 2. The Balaban J connectivity index is 2.29. The van der Waals surface area contributed by atoms with Gasteiger partial charge in [-0.2, -0.15) is 0 Å². The van der Waals surface area contributed by atoms with Crippen molar-refractivity contribution in [2.45, 2.75) is 29.8 Å². The minimum absolute atomic E-state index is 0.246. The van der Waals surface area contributed by atoms with E-state index in [1.807, 2.05) is 12.1 Å². The normalized spacial score (nSPS) is 14.3. The van der Waals surface area contributed by atoms with Gasteiger partial charge in [0, 0.05) is 13.1 Å². The zero-order valence-corrected chi connectivity index (χ0v) is 12.6. The molecule has 0 spiro atoms. The second-order valence-corrected chi connectivity index (χ2v) is 7.15. The summed E-state index contributed by atoms with van der Waals surface area (Å²) in [6.07, 6.45) is 0. The van der Waals surface area contributed by atoms with Crippen LogP contribution in [0.25, 0.3) is 0 Å². The summed E-state index contributed by atoms with van der Waals surface area (Å²) < 4.78 is 25.8. The molecule has 20 heavy (non-hydrogen) atoms. The Kier molecular flexibility index (Phi) is 3.32. The van der Waals surface area contributed by atoms with E-state index in [1.54, 1.807) is 31.2 Å². The van der Waals surface area contributed by atoms with Gasteiger partial charge < -0.3 is 5.32 Å². The standard InChI is InChI=1S/C15H14ClNO2S/c1-10-4-2-3-5-14(10)20(18,19)15-12-9-17-8-11(12)6-7-13(15)16/h2-7,17H,8-9H2,1H3. The van der Waals surface area contributed by atoms with Crippen molar-refractivity contribution < 1.29 is 8.42 Å². The number of hydrogen-bond donors (Lipinski definition) is 1. The molecule has 2 aromatic carbocycles. The maximum atomic E-state index is 12.9. The van der Waals surface area contributed by atoms with Crippen molar-refractivity contribution in [2.24, 2.45) is 0 Å². The highest BCUT2D eigenvalue weighted by Gasteiger charge is 2.28. The van der Waals surface area contributed by atoms with Crippen LogP contribution in [0.2, 0.25) is 5.02 Å². The molecule has 0 aromatic heterocycles. The molecule has 1 heterocycles. The third kappa shape index (κ3) is 2.04. The average molecular weight is 308 g/mol. The lowest BCUT2D eigenvalue weighted by molar-refractivity contribution is 0.594. The maximum absolute atomic E-state index is 12.9. The summed E-state index contributed by atoms with van der Waals surface area (Å²) in [5, 5.41) is 3.46. The first-order chi connectivity index (χ1) is 9.51. The molecule has 0 fully saturated rings. The second-order valence-electron chi connectivity index (χ2n) is 4.89. The van der Waals surface area contributed by atoms with Crippen LogP contribution in [0.3, 0.4) is 0 Å². The molecule has 0 atom stereocenters. The summed E-state index contributed by atoms with van der Waals surface area (Å²) in [4.78, 5) is 0.568. The fourth-order valence-corrected chi connectivity index (χ4v) is 4.88. The second kappa shape index (κ2) is 4.88. The van der Waals surface area contributed by atoms with Gasteiger partial charge in [0.2, 0.25) is 9.84 Å². The zero-order valence-electron chi connectivity index (χ0n) is 11.0. The molecule has 104 valence electrons. The summed E-state index contributed by atoms with van der Waals surface area (Å²) in [5.74, 6) is 0. The summed E-state index contributed by atoms with van der Waals surface area (Å²) in [7, 11) is -3.60. The summed E-state index contributed by atoms with van der Waals surface area (Å²) in [6.45, 7) is 3.02. The van der Waals surface area contributed by atoms with E-state index in [-0.39, 0.29) is 9.92 Å². The lowest BCUT2D eigenvalue weighted by Gasteiger charge is -2.13. The van der Waals surface area contributed by atoms with Crippen LogP contribution >= 0.6 is 11.6 Å². The van der Waals surface area contributed by atoms with E-state index in [4.69, 9.17) is 11.6 Å². The van der Waals surface area contributed by atoms with Crippen molar-refractivity contribution in [3.63, 3.8) is 0 Å². The average Bonchev–Trinajstić information content (AvgIpc) is 2.86. The van der Waals surface area contributed by atoms with Crippen LogP contribution in [-0.4, -0.2) is 8.42 Å².